The Morgan fingerprint density at radius 2 is 2.11 bits per heavy atom. The highest BCUT2D eigenvalue weighted by Crippen LogP contribution is 2.30. The van der Waals surface area contributed by atoms with Crippen molar-refractivity contribution in [2.75, 3.05) is 25.0 Å². The fourth-order valence-corrected chi connectivity index (χ4v) is 3.82. The molecule has 0 aromatic carbocycles. The van der Waals surface area contributed by atoms with Crippen molar-refractivity contribution in [1.82, 2.24) is 10.3 Å². The van der Waals surface area contributed by atoms with E-state index in [4.69, 9.17) is 4.98 Å². The van der Waals surface area contributed by atoms with Gasteiger partial charge in [0.2, 0.25) is 0 Å². The highest BCUT2D eigenvalue weighted by Gasteiger charge is 2.21. The van der Waals surface area contributed by atoms with Crippen LogP contribution in [0, 0.1) is 12.8 Å². The normalized spacial score (nSPS) is 17.4. The van der Waals surface area contributed by atoms with Crippen molar-refractivity contribution >= 4 is 16.5 Å². The molecule has 0 unspecified atom stereocenters. The number of anilines is 1. The molecule has 3 nitrogen and oxygen atoms in total. The third kappa shape index (κ3) is 3.23. The Labute approximate surface area is 115 Å². The quantitative estimate of drug-likeness (QED) is 0.888. The Balaban J connectivity index is 1.94. The molecule has 1 aliphatic heterocycles. The molecule has 1 aliphatic rings. The first-order valence-corrected chi connectivity index (χ1v) is 7.92. The fourth-order valence-electron chi connectivity index (χ4n) is 2.69. The first-order chi connectivity index (χ1) is 8.74. The van der Waals surface area contributed by atoms with E-state index < -0.39 is 0 Å². The van der Waals surface area contributed by atoms with E-state index in [0.29, 0.717) is 0 Å². The van der Waals surface area contributed by atoms with Crippen molar-refractivity contribution in [2.45, 2.75) is 46.1 Å². The van der Waals surface area contributed by atoms with Crippen molar-refractivity contribution in [2.24, 2.45) is 5.92 Å². The third-order valence-electron chi connectivity index (χ3n) is 3.80. The monoisotopic (exact) mass is 267 g/mol. The molecule has 1 N–H and O–H groups in total. The second kappa shape index (κ2) is 6.53. The first-order valence-electron chi connectivity index (χ1n) is 7.10. The van der Waals surface area contributed by atoms with Crippen LogP contribution in [-0.2, 0) is 6.54 Å². The molecule has 18 heavy (non-hydrogen) atoms. The summed E-state index contributed by atoms with van der Waals surface area (Å²) in [4.78, 5) is 8.58. The van der Waals surface area contributed by atoms with Gasteiger partial charge >= 0.3 is 0 Å². The predicted molar refractivity (Wildman–Crippen MR) is 79.5 cm³/mol. The van der Waals surface area contributed by atoms with Crippen molar-refractivity contribution in [3.63, 3.8) is 0 Å². The second-order valence-corrected chi connectivity index (χ2v) is 6.32. The van der Waals surface area contributed by atoms with E-state index in [9.17, 15) is 0 Å². The van der Waals surface area contributed by atoms with Crippen LogP contribution in [0.1, 0.15) is 43.2 Å². The van der Waals surface area contributed by atoms with Crippen molar-refractivity contribution in [3.05, 3.63) is 10.6 Å². The summed E-state index contributed by atoms with van der Waals surface area (Å²) in [6, 6.07) is 0. The van der Waals surface area contributed by atoms with Crippen LogP contribution < -0.4 is 10.2 Å². The van der Waals surface area contributed by atoms with Crippen LogP contribution in [0.25, 0.3) is 0 Å². The van der Waals surface area contributed by atoms with E-state index in [0.717, 1.165) is 12.5 Å². The summed E-state index contributed by atoms with van der Waals surface area (Å²) < 4.78 is 0. The molecule has 102 valence electrons. The van der Waals surface area contributed by atoms with Crippen LogP contribution in [-0.4, -0.2) is 25.1 Å². The number of nitrogens with zero attached hydrogens (tertiary/aromatic N) is 2. The first kappa shape index (κ1) is 13.8. The van der Waals surface area contributed by atoms with E-state index in [1.54, 1.807) is 0 Å². The molecule has 1 aromatic heterocycles. The van der Waals surface area contributed by atoms with E-state index >= 15 is 0 Å². The highest BCUT2D eigenvalue weighted by molar-refractivity contribution is 7.15. The van der Waals surface area contributed by atoms with Crippen LogP contribution in [0.15, 0.2) is 0 Å². The van der Waals surface area contributed by atoms with Gasteiger partial charge in [-0.3, -0.25) is 0 Å². The Morgan fingerprint density at radius 3 is 2.72 bits per heavy atom. The van der Waals surface area contributed by atoms with Gasteiger partial charge in [-0.1, -0.05) is 19.8 Å². The Morgan fingerprint density at radius 1 is 1.39 bits per heavy atom. The van der Waals surface area contributed by atoms with Crippen LogP contribution in [0.4, 0.5) is 5.13 Å². The minimum absolute atomic E-state index is 0.940. The molecule has 0 amide bonds. The van der Waals surface area contributed by atoms with Crippen LogP contribution in [0.2, 0.25) is 0 Å². The van der Waals surface area contributed by atoms with Gasteiger partial charge < -0.3 is 10.2 Å². The zero-order valence-corrected chi connectivity index (χ0v) is 12.6. The molecule has 1 saturated heterocycles. The second-order valence-electron chi connectivity index (χ2n) is 5.25. The van der Waals surface area contributed by atoms with Crippen LogP contribution in [0.3, 0.4) is 0 Å². The molecule has 1 aromatic rings. The van der Waals surface area contributed by atoms with Gasteiger partial charge in [0.15, 0.2) is 5.13 Å². The number of aryl methyl sites for hydroxylation is 1. The molecule has 0 radical (unpaired) electrons. The molecule has 0 atom stereocenters. The molecule has 1 fully saturated rings. The number of thiazole rings is 1. The summed E-state index contributed by atoms with van der Waals surface area (Å²) >= 11 is 1.86. The van der Waals surface area contributed by atoms with Gasteiger partial charge in [0, 0.05) is 24.5 Å². The van der Waals surface area contributed by atoms with E-state index in [1.807, 2.05) is 18.4 Å². The SMILES string of the molecule is CCCC1CCN(c2nc(C)c(CNC)s2)CC1. The molecule has 2 heterocycles. The Hall–Kier alpha value is -0.610. The van der Waals surface area contributed by atoms with Gasteiger partial charge in [-0.15, -0.1) is 11.3 Å². The van der Waals surface area contributed by atoms with Gasteiger partial charge in [0.05, 0.1) is 5.69 Å². The maximum Gasteiger partial charge on any atom is 0.185 e. The Bertz CT molecular complexity index is 367. The number of hydrogen-bond acceptors (Lipinski definition) is 4. The zero-order chi connectivity index (χ0) is 13.0. The fraction of sp³-hybridized carbons (Fsp3) is 0.786. The molecule has 2 rings (SSSR count). The minimum atomic E-state index is 0.940. The topological polar surface area (TPSA) is 28.2 Å². The maximum absolute atomic E-state index is 4.73. The number of hydrogen-bond donors (Lipinski definition) is 1. The maximum atomic E-state index is 4.73. The number of piperidine rings is 1. The standard InChI is InChI=1S/C14H25N3S/c1-4-5-12-6-8-17(9-7-12)14-16-11(2)13(18-14)10-15-3/h12,15H,4-10H2,1-3H3. The van der Waals surface area contributed by atoms with Crippen LogP contribution in [0.5, 0.6) is 0 Å². The number of rotatable bonds is 5. The van der Waals surface area contributed by atoms with Gasteiger partial charge in [0.25, 0.3) is 0 Å². The van der Waals surface area contributed by atoms with Gasteiger partial charge in [-0.05, 0) is 32.7 Å². The molecule has 4 heteroatoms. The highest BCUT2D eigenvalue weighted by atomic mass is 32.1. The summed E-state index contributed by atoms with van der Waals surface area (Å²) in [6.07, 6.45) is 5.41. The number of nitrogens with one attached hydrogen (secondary N) is 1. The minimum Gasteiger partial charge on any atom is -0.348 e. The lowest BCUT2D eigenvalue weighted by molar-refractivity contribution is 0.378. The average molecular weight is 267 g/mol. The summed E-state index contributed by atoms with van der Waals surface area (Å²) in [7, 11) is 2.00. The van der Waals surface area contributed by atoms with E-state index in [1.165, 1.54) is 54.5 Å². The molecular weight excluding hydrogens is 242 g/mol. The lowest BCUT2D eigenvalue weighted by Crippen LogP contribution is -2.33. The smallest absolute Gasteiger partial charge is 0.185 e. The summed E-state index contributed by atoms with van der Waals surface area (Å²) in [5.41, 5.74) is 1.19. The van der Waals surface area contributed by atoms with Crippen molar-refractivity contribution in [1.29, 1.82) is 0 Å². The molecule has 0 bridgehead atoms. The van der Waals surface area contributed by atoms with Crippen molar-refractivity contribution in [3.8, 4) is 0 Å². The zero-order valence-electron chi connectivity index (χ0n) is 11.8. The molecular formula is C14H25N3S. The van der Waals surface area contributed by atoms with Gasteiger partial charge in [-0.25, -0.2) is 4.98 Å². The predicted octanol–water partition coefficient (Wildman–Crippen LogP) is 3.19. The molecule has 0 spiro atoms. The summed E-state index contributed by atoms with van der Waals surface area (Å²) in [5, 5.41) is 4.45. The van der Waals surface area contributed by atoms with Crippen molar-refractivity contribution < 1.29 is 0 Å². The largest absolute Gasteiger partial charge is 0.348 e. The lowest BCUT2D eigenvalue weighted by Gasteiger charge is -2.31. The third-order valence-corrected chi connectivity index (χ3v) is 5.02. The van der Waals surface area contributed by atoms with Crippen LogP contribution >= 0.6 is 11.3 Å². The summed E-state index contributed by atoms with van der Waals surface area (Å²) in [6.45, 7) is 7.74. The average Bonchev–Trinajstić information content (AvgIpc) is 2.73. The van der Waals surface area contributed by atoms with Gasteiger partial charge in [-0.2, -0.15) is 0 Å². The lowest BCUT2D eigenvalue weighted by atomic mass is 9.93. The molecule has 0 saturated carbocycles. The molecule has 0 aliphatic carbocycles. The van der Waals surface area contributed by atoms with Gasteiger partial charge in [0.1, 0.15) is 0 Å². The van der Waals surface area contributed by atoms with E-state index in [-0.39, 0.29) is 0 Å². The number of aromatic nitrogens is 1. The Kier molecular flexibility index (Phi) is 5.01. The summed E-state index contributed by atoms with van der Waals surface area (Å²) in [5.74, 6) is 0.948. The van der Waals surface area contributed by atoms with E-state index in [2.05, 4.69) is 24.1 Å².